The van der Waals surface area contributed by atoms with E-state index in [0.29, 0.717) is 19.8 Å². The second-order valence-corrected chi connectivity index (χ2v) is 8.82. The molecule has 6 nitrogen and oxygen atoms in total. The minimum Gasteiger partial charge on any atom is -0.379 e. The summed E-state index contributed by atoms with van der Waals surface area (Å²) in [7, 11) is -3.82. The van der Waals surface area contributed by atoms with E-state index in [4.69, 9.17) is 27.9 Å². The number of nitrogens with one attached hydrogen (secondary N) is 1. The van der Waals surface area contributed by atoms with Gasteiger partial charge in [0.1, 0.15) is 4.90 Å². The van der Waals surface area contributed by atoms with Gasteiger partial charge < -0.3 is 10.1 Å². The third kappa shape index (κ3) is 5.33. The predicted molar refractivity (Wildman–Crippen MR) is 103 cm³/mol. The summed E-state index contributed by atoms with van der Waals surface area (Å²) in [5, 5.41) is 2.91. The van der Waals surface area contributed by atoms with Gasteiger partial charge in [0, 0.05) is 19.6 Å². The zero-order valence-electron chi connectivity index (χ0n) is 14.8. The fourth-order valence-corrected chi connectivity index (χ4v) is 4.92. The van der Waals surface area contributed by atoms with Gasteiger partial charge in [-0.3, -0.25) is 4.79 Å². The second-order valence-electron chi connectivity index (χ2n) is 6.10. The Kier molecular flexibility index (Phi) is 8.16. The SMILES string of the molecule is CCCCCCNC(=O)c1cc(S(=O)(=O)N2CCOCC2)c(Cl)cc1Cl. The van der Waals surface area contributed by atoms with E-state index in [1.807, 2.05) is 0 Å². The van der Waals surface area contributed by atoms with E-state index in [-0.39, 0.29) is 33.6 Å². The fourth-order valence-electron chi connectivity index (χ4n) is 2.68. The van der Waals surface area contributed by atoms with Gasteiger partial charge in [0.2, 0.25) is 10.0 Å². The Bertz CT molecular complexity index is 735. The van der Waals surface area contributed by atoms with Crippen LogP contribution in [0.4, 0.5) is 0 Å². The molecule has 1 saturated heterocycles. The van der Waals surface area contributed by atoms with Gasteiger partial charge in [-0.15, -0.1) is 0 Å². The number of amides is 1. The van der Waals surface area contributed by atoms with E-state index in [0.717, 1.165) is 25.7 Å². The first-order chi connectivity index (χ1) is 12.4. The van der Waals surface area contributed by atoms with Crippen LogP contribution in [0.1, 0.15) is 43.0 Å². The van der Waals surface area contributed by atoms with Gasteiger partial charge >= 0.3 is 0 Å². The lowest BCUT2D eigenvalue weighted by atomic mass is 10.2. The Morgan fingerprint density at radius 2 is 1.85 bits per heavy atom. The van der Waals surface area contributed by atoms with E-state index < -0.39 is 15.9 Å². The van der Waals surface area contributed by atoms with Crippen molar-refractivity contribution in [3.8, 4) is 0 Å². The van der Waals surface area contributed by atoms with E-state index in [1.165, 1.54) is 16.4 Å². The summed E-state index contributed by atoms with van der Waals surface area (Å²) in [6.45, 7) is 3.79. The van der Waals surface area contributed by atoms with Crippen molar-refractivity contribution < 1.29 is 17.9 Å². The average molecular weight is 423 g/mol. The Hall–Kier alpha value is -0.860. The maximum absolute atomic E-state index is 12.8. The molecule has 2 rings (SSSR count). The Balaban J connectivity index is 2.18. The molecule has 1 aliphatic rings. The molecule has 0 aliphatic carbocycles. The summed E-state index contributed by atoms with van der Waals surface area (Å²) < 4.78 is 32.2. The summed E-state index contributed by atoms with van der Waals surface area (Å²) in [5.41, 5.74) is 0.110. The highest BCUT2D eigenvalue weighted by Crippen LogP contribution is 2.31. The first-order valence-corrected chi connectivity index (χ1v) is 10.9. The molecule has 0 bridgehead atoms. The number of rotatable bonds is 8. The number of morpholine rings is 1. The van der Waals surface area contributed by atoms with Crippen LogP contribution in [0.5, 0.6) is 0 Å². The smallest absolute Gasteiger partial charge is 0.252 e. The van der Waals surface area contributed by atoms with Gasteiger partial charge in [0.25, 0.3) is 5.91 Å². The number of hydrogen-bond acceptors (Lipinski definition) is 4. The molecular weight excluding hydrogens is 399 g/mol. The van der Waals surface area contributed by atoms with E-state index in [2.05, 4.69) is 12.2 Å². The number of halogens is 2. The first kappa shape index (κ1) is 21.4. The number of carbonyl (C=O) groups is 1. The third-order valence-corrected chi connectivity index (χ3v) is 6.85. The van der Waals surface area contributed by atoms with Crippen molar-refractivity contribution in [2.75, 3.05) is 32.8 Å². The van der Waals surface area contributed by atoms with Crippen LogP contribution in [0.25, 0.3) is 0 Å². The zero-order chi connectivity index (χ0) is 19.2. The van der Waals surface area contributed by atoms with Gasteiger partial charge in [0.15, 0.2) is 0 Å². The maximum Gasteiger partial charge on any atom is 0.252 e. The van der Waals surface area contributed by atoms with Crippen LogP contribution in [0.2, 0.25) is 10.0 Å². The van der Waals surface area contributed by atoms with Crippen molar-refractivity contribution in [1.29, 1.82) is 0 Å². The van der Waals surface area contributed by atoms with Gasteiger partial charge in [-0.1, -0.05) is 49.4 Å². The van der Waals surface area contributed by atoms with Crippen molar-refractivity contribution in [3.63, 3.8) is 0 Å². The first-order valence-electron chi connectivity index (χ1n) is 8.73. The Morgan fingerprint density at radius 3 is 2.50 bits per heavy atom. The molecule has 0 spiro atoms. The zero-order valence-corrected chi connectivity index (χ0v) is 17.1. The van der Waals surface area contributed by atoms with Gasteiger partial charge in [-0.25, -0.2) is 8.42 Å². The number of unbranched alkanes of at least 4 members (excludes halogenated alkanes) is 3. The van der Waals surface area contributed by atoms with Crippen LogP contribution in [0.3, 0.4) is 0 Å². The van der Waals surface area contributed by atoms with Crippen LogP contribution in [-0.4, -0.2) is 51.5 Å². The molecule has 1 aromatic carbocycles. The van der Waals surface area contributed by atoms with E-state index in [9.17, 15) is 13.2 Å². The van der Waals surface area contributed by atoms with Crippen LogP contribution < -0.4 is 5.32 Å². The molecule has 1 aliphatic heterocycles. The molecule has 146 valence electrons. The minimum atomic E-state index is -3.82. The molecule has 9 heteroatoms. The lowest BCUT2D eigenvalue weighted by Gasteiger charge is -2.26. The number of carbonyl (C=O) groups excluding carboxylic acids is 1. The number of ether oxygens (including phenoxy) is 1. The molecule has 0 aromatic heterocycles. The number of benzene rings is 1. The van der Waals surface area contributed by atoms with Crippen molar-refractivity contribution in [1.82, 2.24) is 9.62 Å². The lowest BCUT2D eigenvalue weighted by molar-refractivity contribution is 0.0730. The Labute approximate surface area is 164 Å². The predicted octanol–water partition coefficient (Wildman–Crippen LogP) is 3.32. The monoisotopic (exact) mass is 422 g/mol. The highest BCUT2D eigenvalue weighted by molar-refractivity contribution is 7.89. The quantitative estimate of drug-likeness (QED) is 0.651. The number of hydrogen-bond donors (Lipinski definition) is 1. The molecule has 26 heavy (non-hydrogen) atoms. The summed E-state index contributed by atoms with van der Waals surface area (Å²) in [6, 6.07) is 2.57. The summed E-state index contributed by atoms with van der Waals surface area (Å²) >= 11 is 12.2. The molecule has 1 fully saturated rings. The summed E-state index contributed by atoms with van der Waals surface area (Å²) in [6.07, 6.45) is 4.12. The third-order valence-electron chi connectivity index (χ3n) is 4.17. The minimum absolute atomic E-state index is 0.000914. The van der Waals surface area contributed by atoms with Crippen molar-refractivity contribution in [2.24, 2.45) is 0 Å². The van der Waals surface area contributed by atoms with Crippen molar-refractivity contribution in [2.45, 2.75) is 37.5 Å². The molecule has 1 aromatic rings. The highest BCUT2D eigenvalue weighted by atomic mass is 35.5. The molecule has 1 amide bonds. The van der Waals surface area contributed by atoms with Crippen LogP contribution in [0, 0.1) is 0 Å². The van der Waals surface area contributed by atoms with Crippen LogP contribution in [0.15, 0.2) is 17.0 Å². The number of sulfonamides is 1. The van der Waals surface area contributed by atoms with E-state index in [1.54, 1.807) is 0 Å². The van der Waals surface area contributed by atoms with Gasteiger partial charge in [-0.2, -0.15) is 4.31 Å². The highest BCUT2D eigenvalue weighted by Gasteiger charge is 2.30. The second kappa shape index (κ2) is 9.90. The molecule has 0 saturated carbocycles. The van der Waals surface area contributed by atoms with Gasteiger partial charge in [-0.05, 0) is 18.6 Å². The topological polar surface area (TPSA) is 75.7 Å². The normalized spacial score (nSPS) is 15.8. The Morgan fingerprint density at radius 1 is 1.15 bits per heavy atom. The summed E-state index contributed by atoms with van der Waals surface area (Å²) in [4.78, 5) is 12.3. The summed E-state index contributed by atoms with van der Waals surface area (Å²) in [5.74, 6) is -0.401. The maximum atomic E-state index is 12.8. The molecule has 0 radical (unpaired) electrons. The molecule has 1 heterocycles. The van der Waals surface area contributed by atoms with Crippen molar-refractivity contribution >= 4 is 39.1 Å². The molecule has 1 N–H and O–H groups in total. The van der Waals surface area contributed by atoms with Gasteiger partial charge in [0.05, 0.1) is 28.8 Å². The molecule has 0 atom stereocenters. The van der Waals surface area contributed by atoms with Crippen LogP contribution in [-0.2, 0) is 14.8 Å². The fraction of sp³-hybridized carbons (Fsp3) is 0.588. The lowest BCUT2D eigenvalue weighted by Crippen LogP contribution is -2.40. The standard InChI is InChI=1S/C17H24Cl2N2O4S/c1-2-3-4-5-6-20-17(22)13-11-16(15(19)12-14(13)18)26(23,24)21-7-9-25-10-8-21/h11-12H,2-10H2,1H3,(H,20,22). The average Bonchev–Trinajstić information content (AvgIpc) is 2.62. The molecule has 0 unspecified atom stereocenters. The number of nitrogens with zero attached hydrogens (tertiary/aromatic N) is 1. The largest absolute Gasteiger partial charge is 0.379 e. The van der Waals surface area contributed by atoms with Crippen molar-refractivity contribution in [3.05, 3.63) is 27.7 Å². The van der Waals surface area contributed by atoms with Crippen LogP contribution >= 0.6 is 23.2 Å². The van der Waals surface area contributed by atoms with E-state index >= 15 is 0 Å². The molecular formula is C17H24Cl2N2O4S.